The number of sulfonamides is 1. The number of hydrogen-bond donors (Lipinski definition) is 0. The van der Waals surface area contributed by atoms with Gasteiger partial charge in [-0.3, -0.25) is 4.79 Å². The van der Waals surface area contributed by atoms with Gasteiger partial charge in [0.2, 0.25) is 15.9 Å². The van der Waals surface area contributed by atoms with Crippen LogP contribution in [0.3, 0.4) is 0 Å². The maximum absolute atomic E-state index is 12.6. The van der Waals surface area contributed by atoms with Crippen LogP contribution in [0.1, 0.15) is 12.0 Å². The Labute approximate surface area is 169 Å². The standard InChI is InChI=1S/C18H22Cl2N2O4S/c1-3-27(24,25)22-10-13-8-21(9-14(13)11-22)18(23)5-4-12-6-15(19)16(20)7-17(12)26-2/h3,6-7,13-14H,1,4-5,8-11H2,2H3. The van der Waals surface area contributed by atoms with Gasteiger partial charge in [0.25, 0.3) is 0 Å². The van der Waals surface area contributed by atoms with Crippen molar-refractivity contribution in [2.75, 3.05) is 33.3 Å². The molecular formula is C18H22Cl2N2O4S. The molecule has 0 spiro atoms. The van der Waals surface area contributed by atoms with Gasteiger partial charge in [-0.15, -0.1) is 0 Å². The number of rotatable bonds is 6. The molecule has 2 aliphatic rings. The molecule has 148 valence electrons. The molecule has 2 heterocycles. The lowest BCUT2D eigenvalue weighted by Crippen LogP contribution is -2.35. The minimum atomic E-state index is -3.38. The normalized spacial score (nSPS) is 22.7. The Bertz CT molecular complexity index is 845. The molecule has 2 aliphatic heterocycles. The highest BCUT2D eigenvalue weighted by Gasteiger charge is 2.44. The number of carbonyl (C=O) groups excluding carboxylic acids is 1. The van der Waals surface area contributed by atoms with Gasteiger partial charge in [-0.25, -0.2) is 8.42 Å². The van der Waals surface area contributed by atoms with Gasteiger partial charge in [-0.1, -0.05) is 29.8 Å². The fraction of sp³-hybridized carbons (Fsp3) is 0.500. The lowest BCUT2D eigenvalue weighted by molar-refractivity contribution is -0.130. The lowest BCUT2D eigenvalue weighted by atomic mass is 10.0. The minimum absolute atomic E-state index is 0.0515. The monoisotopic (exact) mass is 432 g/mol. The number of aryl methyl sites for hydroxylation is 1. The number of methoxy groups -OCH3 is 1. The summed E-state index contributed by atoms with van der Waals surface area (Å²) in [5, 5.41) is 1.83. The van der Waals surface area contributed by atoms with Crippen LogP contribution < -0.4 is 4.74 Å². The number of carbonyl (C=O) groups is 1. The second-order valence-corrected chi connectivity index (χ2v) is 9.62. The van der Waals surface area contributed by atoms with Crippen LogP contribution >= 0.6 is 23.2 Å². The molecule has 1 aromatic carbocycles. The number of benzene rings is 1. The molecule has 0 bridgehead atoms. The van der Waals surface area contributed by atoms with Crippen LogP contribution in [-0.4, -0.2) is 56.8 Å². The first-order chi connectivity index (χ1) is 12.7. The summed E-state index contributed by atoms with van der Waals surface area (Å²) in [4.78, 5) is 14.4. The van der Waals surface area contributed by atoms with Gasteiger partial charge >= 0.3 is 0 Å². The fourth-order valence-electron chi connectivity index (χ4n) is 3.82. The van der Waals surface area contributed by atoms with Crippen LogP contribution in [0.2, 0.25) is 10.0 Å². The molecule has 9 heteroatoms. The van der Waals surface area contributed by atoms with Crippen LogP contribution in [-0.2, 0) is 21.2 Å². The Morgan fingerprint density at radius 3 is 2.37 bits per heavy atom. The Kier molecular flexibility index (Phi) is 6.05. The van der Waals surface area contributed by atoms with E-state index in [0.717, 1.165) is 11.0 Å². The highest BCUT2D eigenvalue weighted by Crippen LogP contribution is 2.34. The van der Waals surface area contributed by atoms with E-state index in [2.05, 4.69) is 6.58 Å². The Morgan fingerprint density at radius 1 is 1.22 bits per heavy atom. The highest BCUT2D eigenvalue weighted by molar-refractivity contribution is 7.92. The second kappa shape index (κ2) is 7.99. The van der Waals surface area contributed by atoms with Gasteiger partial charge in [0.15, 0.2) is 0 Å². The highest BCUT2D eigenvalue weighted by atomic mass is 35.5. The van der Waals surface area contributed by atoms with Crippen LogP contribution in [0, 0.1) is 11.8 Å². The van der Waals surface area contributed by atoms with Crippen molar-refractivity contribution in [3.8, 4) is 5.75 Å². The molecule has 2 unspecified atom stereocenters. The second-order valence-electron chi connectivity index (χ2n) is 6.93. The number of fused-ring (bicyclic) bond motifs is 1. The summed E-state index contributed by atoms with van der Waals surface area (Å²) in [6.07, 6.45) is 0.837. The summed E-state index contributed by atoms with van der Waals surface area (Å²) in [5.74, 6) is 1.03. The predicted octanol–water partition coefficient (Wildman–Crippen LogP) is 2.80. The number of halogens is 2. The molecule has 6 nitrogen and oxygen atoms in total. The van der Waals surface area contributed by atoms with Crippen molar-refractivity contribution in [1.82, 2.24) is 9.21 Å². The molecule has 0 saturated carbocycles. The number of hydrogen-bond acceptors (Lipinski definition) is 4. The van der Waals surface area contributed by atoms with Crippen molar-refractivity contribution in [3.63, 3.8) is 0 Å². The largest absolute Gasteiger partial charge is 0.496 e. The van der Waals surface area contributed by atoms with E-state index in [1.165, 1.54) is 4.31 Å². The third-order valence-electron chi connectivity index (χ3n) is 5.31. The molecule has 0 N–H and O–H groups in total. The summed E-state index contributed by atoms with van der Waals surface area (Å²) in [5.41, 5.74) is 0.836. The third kappa shape index (κ3) is 4.26. The van der Waals surface area contributed by atoms with E-state index in [-0.39, 0.29) is 17.7 Å². The predicted molar refractivity (Wildman–Crippen MR) is 106 cm³/mol. The van der Waals surface area contributed by atoms with E-state index < -0.39 is 10.0 Å². The SMILES string of the molecule is C=CS(=O)(=O)N1CC2CN(C(=O)CCc3cc(Cl)c(Cl)cc3OC)CC2C1. The molecule has 1 aromatic rings. The average Bonchev–Trinajstić information content (AvgIpc) is 3.21. The third-order valence-corrected chi connectivity index (χ3v) is 7.47. The van der Waals surface area contributed by atoms with Gasteiger partial charge < -0.3 is 9.64 Å². The first kappa shape index (κ1) is 20.5. The van der Waals surface area contributed by atoms with Gasteiger partial charge in [0.1, 0.15) is 5.75 Å². The van der Waals surface area contributed by atoms with Crippen molar-refractivity contribution in [1.29, 1.82) is 0 Å². The minimum Gasteiger partial charge on any atom is -0.496 e. The van der Waals surface area contributed by atoms with E-state index in [0.29, 0.717) is 54.8 Å². The quantitative estimate of drug-likeness (QED) is 0.692. The molecule has 0 aliphatic carbocycles. The van der Waals surface area contributed by atoms with E-state index in [1.807, 2.05) is 4.90 Å². The van der Waals surface area contributed by atoms with Crippen LogP contribution in [0.4, 0.5) is 0 Å². The Hall–Kier alpha value is -1.28. The molecule has 0 aromatic heterocycles. The zero-order valence-corrected chi connectivity index (χ0v) is 17.4. The van der Waals surface area contributed by atoms with E-state index in [4.69, 9.17) is 27.9 Å². The summed E-state index contributed by atoms with van der Waals surface area (Å²) in [6.45, 7) is 5.44. The first-order valence-corrected chi connectivity index (χ1v) is 10.9. The average molecular weight is 433 g/mol. The van der Waals surface area contributed by atoms with Gasteiger partial charge in [0.05, 0.1) is 17.2 Å². The molecule has 3 rings (SSSR count). The van der Waals surface area contributed by atoms with Crippen LogP contribution in [0.15, 0.2) is 24.1 Å². The van der Waals surface area contributed by atoms with Gasteiger partial charge in [-0.05, 0) is 29.9 Å². The summed E-state index contributed by atoms with van der Waals surface area (Å²) in [7, 11) is -1.83. The first-order valence-electron chi connectivity index (χ1n) is 8.67. The van der Waals surface area contributed by atoms with Gasteiger partial charge in [0, 0.05) is 44.1 Å². The number of nitrogens with zero attached hydrogens (tertiary/aromatic N) is 2. The van der Waals surface area contributed by atoms with Crippen molar-refractivity contribution >= 4 is 39.1 Å². The van der Waals surface area contributed by atoms with Crippen molar-refractivity contribution < 1.29 is 17.9 Å². The molecule has 0 radical (unpaired) electrons. The maximum Gasteiger partial charge on any atom is 0.235 e. The maximum atomic E-state index is 12.6. The van der Waals surface area contributed by atoms with Crippen LogP contribution in [0.5, 0.6) is 5.75 Å². The number of amides is 1. The zero-order valence-electron chi connectivity index (χ0n) is 15.0. The number of ether oxygens (including phenoxy) is 1. The smallest absolute Gasteiger partial charge is 0.235 e. The molecular weight excluding hydrogens is 411 g/mol. The Balaban J connectivity index is 1.57. The molecule has 27 heavy (non-hydrogen) atoms. The lowest BCUT2D eigenvalue weighted by Gasteiger charge is -2.21. The van der Waals surface area contributed by atoms with Crippen molar-refractivity contribution in [3.05, 3.63) is 39.7 Å². The van der Waals surface area contributed by atoms with Crippen molar-refractivity contribution in [2.24, 2.45) is 11.8 Å². The van der Waals surface area contributed by atoms with E-state index in [9.17, 15) is 13.2 Å². The topological polar surface area (TPSA) is 66.9 Å². The fourth-order valence-corrected chi connectivity index (χ4v) is 5.17. The molecule has 1 amide bonds. The Morgan fingerprint density at radius 2 is 1.81 bits per heavy atom. The van der Waals surface area contributed by atoms with Gasteiger partial charge in [-0.2, -0.15) is 4.31 Å². The molecule has 2 fully saturated rings. The summed E-state index contributed by atoms with van der Waals surface area (Å²) >= 11 is 12.1. The summed E-state index contributed by atoms with van der Waals surface area (Å²) in [6, 6.07) is 3.38. The van der Waals surface area contributed by atoms with Crippen molar-refractivity contribution in [2.45, 2.75) is 12.8 Å². The van der Waals surface area contributed by atoms with E-state index in [1.54, 1.807) is 19.2 Å². The summed E-state index contributed by atoms with van der Waals surface area (Å²) < 4.78 is 30.6. The van der Waals surface area contributed by atoms with Crippen LogP contribution in [0.25, 0.3) is 0 Å². The molecule has 2 saturated heterocycles. The zero-order chi connectivity index (χ0) is 19.8. The van der Waals surface area contributed by atoms with E-state index >= 15 is 0 Å². The molecule has 2 atom stereocenters. The number of likely N-dealkylation sites (tertiary alicyclic amines) is 1.